The van der Waals surface area contributed by atoms with Gasteiger partial charge in [0.05, 0.1) is 6.10 Å². The zero-order valence-corrected chi connectivity index (χ0v) is 6.72. The highest BCUT2D eigenvalue weighted by Crippen LogP contribution is 1.99. The largest absolute Gasteiger partial charge is 0.463 e. The van der Waals surface area contributed by atoms with Crippen molar-refractivity contribution in [3.05, 3.63) is 6.92 Å². The second-order valence-electron chi connectivity index (χ2n) is 2.34. The summed E-state index contributed by atoms with van der Waals surface area (Å²) < 4.78 is 4.94. The molecule has 2 heteroatoms. The quantitative estimate of drug-likeness (QED) is 0.562. The lowest BCUT2D eigenvalue weighted by Crippen LogP contribution is -2.13. The average molecular weight is 143 g/mol. The maximum absolute atomic E-state index is 10.8. The standard InChI is InChI=1S/C8H15O2/c1-4-6-8(9)10-7(3)5-2/h7H,2,4-6H2,1,3H3/t7-/m1/s1. The van der Waals surface area contributed by atoms with E-state index in [9.17, 15) is 4.79 Å². The molecule has 0 fully saturated rings. The molecule has 0 saturated carbocycles. The summed E-state index contributed by atoms with van der Waals surface area (Å²) in [5.41, 5.74) is 0. The van der Waals surface area contributed by atoms with Crippen LogP contribution in [-0.2, 0) is 9.53 Å². The van der Waals surface area contributed by atoms with Gasteiger partial charge in [0.25, 0.3) is 0 Å². The van der Waals surface area contributed by atoms with Gasteiger partial charge < -0.3 is 4.74 Å². The molecule has 0 aliphatic rings. The minimum absolute atomic E-state index is 0.0287. The van der Waals surface area contributed by atoms with Crippen LogP contribution in [0.3, 0.4) is 0 Å². The van der Waals surface area contributed by atoms with Crippen molar-refractivity contribution in [1.82, 2.24) is 0 Å². The lowest BCUT2D eigenvalue weighted by Gasteiger charge is -2.09. The van der Waals surface area contributed by atoms with Gasteiger partial charge in [-0.3, -0.25) is 4.79 Å². The Morgan fingerprint density at radius 1 is 1.70 bits per heavy atom. The topological polar surface area (TPSA) is 26.3 Å². The molecule has 0 aromatic heterocycles. The summed E-state index contributed by atoms with van der Waals surface area (Å²) in [5.74, 6) is -0.112. The van der Waals surface area contributed by atoms with Crippen LogP contribution in [0.5, 0.6) is 0 Å². The van der Waals surface area contributed by atoms with E-state index in [1.54, 1.807) is 0 Å². The van der Waals surface area contributed by atoms with Gasteiger partial charge in [-0.1, -0.05) is 6.92 Å². The minimum atomic E-state index is -0.112. The first-order valence-electron chi connectivity index (χ1n) is 3.69. The molecule has 1 radical (unpaired) electrons. The number of ether oxygens (including phenoxy) is 1. The van der Waals surface area contributed by atoms with E-state index in [-0.39, 0.29) is 12.1 Å². The first kappa shape index (κ1) is 9.47. The Bertz CT molecular complexity index is 99.4. The molecule has 0 aliphatic heterocycles. The van der Waals surface area contributed by atoms with E-state index in [0.717, 1.165) is 6.42 Å². The Balaban J connectivity index is 3.37. The fourth-order valence-corrected chi connectivity index (χ4v) is 0.546. The second-order valence-corrected chi connectivity index (χ2v) is 2.34. The number of hydrogen-bond donors (Lipinski definition) is 0. The highest BCUT2D eigenvalue weighted by Gasteiger charge is 2.04. The normalized spacial score (nSPS) is 12.7. The second kappa shape index (κ2) is 5.27. The molecule has 0 heterocycles. The van der Waals surface area contributed by atoms with E-state index >= 15 is 0 Å². The molecule has 0 unspecified atom stereocenters. The molecule has 0 amide bonds. The van der Waals surface area contributed by atoms with Crippen molar-refractivity contribution in [3.63, 3.8) is 0 Å². The van der Waals surface area contributed by atoms with Crippen LogP contribution < -0.4 is 0 Å². The summed E-state index contributed by atoms with van der Waals surface area (Å²) in [7, 11) is 0. The molecule has 0 rings (SSSR count). The van der Waals surface area contributed by atoms with Gasteiger partial charge in [0.1, 0.15) is 0 Å². The Hall–Kier alpha value is -0.530. The number of rotatable bonds is 4. The summed E-state index contributed by atoms with van der Waals surface area (Å²) in [6.07, 6.45) is 1.99. The Morgan fingerprint density at radius 3 is 2.70 bits per heavy atom. The van der Waals surface area contributed by atoms with Crippen LogP contribution in [0.1, 0.15) is 33.1 Å². The van der Waals surface area contributed by atoms with Crippen molar-refractivity contribution < 1.29 is 9.53 Å². The van der Waals surface area contributed by atoms with Crippen molar-refractivity contribution in [1.29, 1.82) is 0 Å². The van der Waals surface area contributed by atoms with E-state index < -0.39 is 0 Å². The highest BCUT2D eigenvalue weighted by atomic mass is 16.5. The molecule has 0 aromatic carbocycles. The van der Waals surface area contributed by atoms with Crippen LogP contribution in [-0.4, -0.2) is 12.1 Å². The SMILES string of the molecule is [CH2]C[C@@H](C)OC(=O)CCC. The van der Waals surface area contributed by atoms with Gasteiger partial charge in [-0.15, -0.1) is 0 Å². The molecule has 10 heavy (non-hydrogen) atoms. The van der Waals surface area contributed by atoms with Crippen LogP contribution in [0.15, 0.2) is 0 Å². The highest BCUT2D eigenvalue weighted by molar-refractivity contribution is 5.69. The van der Waals surface area contributed by atoms with Crippen LogP contribution in [0.2, 0.25) is 0 Å². The molecule has 0 aromatic rings. The van der Waals surface area contributed by atoms with E-state index in [2.05, 4.69) is 6.92 Å². The van der Waals surface area contributed by atoms with E-state index in [1.807, 2.05) is 13.8 Å². The fourth-order valence-electron chi connectivity index (χ4n) is 0.546. The lowest BCUT2D eigenvalue weighted by molar-refractivity contribution is -0.148. The van der Waals surface area contributed by atoms with Crippen molar-refractivity contribution in [3.8, 4) is 0 Å². The van der Waals surface area contributed by atoms with Crippen LogP contribution in [0, 0.1) is 6.92 Å². The number of carbonyl (C=O) groups is 1. The molecule has 1 atom stereocenters. The number of carbonyl (C=O) groups excluding carboxylic acids is 1. The predicted octanol–water partition coefficient (Wildman–Crippen LogP) is 1.94. The summed E-state index contributed by atoms with van der Waals surface area (Å²) >= 11 is 0. The Morgan fingerprint density at radius 2 is 2.30 bits per heavy atom. The van der Waals surface area contributed by atoms with E-state index in [0.29, 0.717) is 12.8 Å². The smallest absolute Gasteiger partial charge is 0.306 e. The van der Waals surface area contributed by atoms with E-state index in [1.165, 1.54) is 0 Å². The predicted molar refractivity (Wildman–Crippen MR) is 40.4 cm³/mol. The maximum Gasteiger partial charge on any atom is 0.306 e. The Labute approximate surface area is 62.6 Å². The van der Waals surface area contributed by atoms with Gasteiger partial charge in [0, 0.05) is 6.42 Å². The van der Waals surface area contributed by atoms with Crippen LogP contribution in [0.4, 0.5) is 0 Å². The van der Waals surface area contributed by atoms with Gasteiger partial charge in [-0.25, -0.2) is 0 Å². The summed E-state index contributed by atoms with van der Waals surface area (Å²) in [4.78, 5) is 10.8. The average Bonchev–Trinajstić information content (AvgIpc) is 1.88. The molecule has 0 spiro atoms. The van der Waals surface area contributed by atoms with Gasteiger partial charge >= 0.3 is 5.97 Å². The van der Waals surface area contributed by atoms with E-state index in [4.69, 9.17) is 4.74 Å². The summed E-state index contributed by atoms with van der Waals surface area (Å²) in [6.45, 7) is 7.42. The van der Waals surface area contributed by atoms with Crippen molar-refractivity contribution >= 4 is 5.97 Å². The molecule has 59 valence electrons. The fraction of sp³-hybridized carbons (Fsp3) is 0.750. The van der Waals surface area contributed by atoms with Crippen LogP contribution in [0.25, 0.3) is 0 Å². The van der Waals surface area contributed by atoms with Crippen molar-refractivity contribution in [2.75, 3.05) is 0 Å². The first-order valence-corrected chi connectivity index (χ1v) is 3.69. The Kier molecular flexibility index (Phi) is 4.99. The lowest BCUT2D eigenvalue weighted by atomic mass is 10.3. The third kappa shape index (κ3) is 4.36. The molecule has 0 saturated heterocycles. The number of esters is 1. The van der Waals surface area contributed by atoms with Gasteiger partial charge in [-0.05, 0) is 26.7 Å². The summed E-state index contributed by atoms with van der Waals surface area (Å²) in [5, 5.41) is 0. The molecular weight excluding hydrogens is 128 g/mol. The number of hydrogen-bond acceptors (Lipinski definition) is 2. The van der Waals surface area contributed by atoms with Crippen LogP contribution >= 0.6 is 0 Å². The van der Waals surface area contributed by atoms with Crippen molar-refractivity contribution in [2.24, 2.45) is 0 Å². The molecule has 0 bridgehead atoms. The maximum atomic E-state index is 10.8. The molecular formula is C8H15O2. The summed E-state index contributed by atoms with van der Waals surface area (Å²) in [6, 6.07) is 0. The molecule has 0 aliphatic carbocycles. The third-order valence-corrected chi connectivity index (χ3v) is 1.19. The molecule has 2 nitrogen and oxygen atoms in total. The zero-order chi connectivity index (χ0) is 7.98. The zero-order valence-electron chi connectivity index (χ0n) is 6.72. The minimum Gasteiger partial charge on any atom is -0.463 e. The van der Waals surface area contributed by atoms with Gasteiger partial charge in [0.2, 0.25) is 0 Å². The van der Waals surface area contributed by atoms with Crippen molar-refractivity contribution in [2.45, 2.75) is 39.2 Å². The van der Waals surface area contributed by atoms with Gasteiger partial charge in [0.15, 0.2) is 0 Å². The monoisotopic (exact) mass is 143 g/mol. The molecule has 0 N–H and O–H groups in total. The van der Waals surface area contributed by atoms with Gasteiger partial charge in [-0.2, -0.15) is 0 Å². The third-order valence-electron chi connectivity index (χ3n) is 1.19. The first-order chi connectivity index (χ1) is 4.70.